The number of aryl methyl sites for hydroxylation is 1. The summed E-state index contributed by atoms with van der Waals surface area (Å²) in [5.74, 6) is -2.62. The molecule has 1 aliphatic rings. The van der Waals surface area contributed by atoms with Crippen molar-refractivity contribution >= 4 is 23.5 Å². The van der Waals surface area contributed by atoms with Gasteiger partial charge in [0.2, 0.25) is 5.91 Å². The number of carboxylic acids is 2. The van der Waals surface area contributed by atoms with E-state index in [1.165, 1.54) is 37.3 Å². The number of anilines is 1. The molecule has 0 spiro atoms. The molecule has 4 atom stereocenters. The maximum Gasteiger partial charge on any atom is 0.306 e. The molecule has 1 aromatic carbocycles. The van der Waals surface area contributed by atoms with Crippen LogP contribution < -0.4 is 4.90 Å². The number of carbonyl (C=O) groups is 3. The Kier molecular flexibility index (Phi) is 35.3. The van der Waals surface area contributed by atoms with E-state index in [0.29, 0.717) is 32.1 Å². The summed E-state index contributed by atoms with van der Waals surface area (Å²) in [4.78, 5) is 36.5. The number of amides is 1. The molecular formula is C45H74FNO7. The van der Waals surface area contributed by atoms with Crippen molar-refractivity contribution in [2.75, 3.05) is 12.0 Å². The van der Waals surface area contributed by atoms with Gasteiger partial charge in [0.05, 0.1) is 18.1 Å². The predicted molar refractivity (Wildman–Crippen MR) is 225 cm³/mol. The third-order valence-electron chi connectivity index (χ3n) is 8.66. The van der Waals surface area contributed by atoms with Gasteiger partial charge in [0.25, 0.3) is 0 Å². The molecule has 0 heterocycles. The van der Waals surface area contributed by atoms with Gasteiger partial charge >= 0.3 is 11.9 Å². The Balaban J connectivity index is -0.00000127. The smallest absolute Gasteiger partial charge is 0.306 e. The van der Waals surface area contributed by atoms with Gasteiger partial charge in [-0.1, -0.05) is 122 Å². The first kappa shape index (κ1) is 54.5. The molecule has 0 aromatic heterocycles. The van der Waals surface area contributed by atoms with Gasteiger partial charge in [0, 0.05) is 32.6 Å². The Morgan fingerprint density at radius 2 is 1.54 bits per heavy atom. The van der Waals surface area contributed by atoms with E-state index in [-0.39, 0.29) is 24.8 Å². The van der Waals surface area contributed by atoms with Crippen LogP contribution in [0.25, 0.3) is 0 Å². The number of nitrogens with zero attached hydrogens (tertiary/aromatic N) is 1. The van der Waals surface area contributed by atoms with Crippen LogP contribution >= 0.6 is 0 Å². The average Bonchev–Trinajstić information content (AvgIpc) is 3.18. The third kappa shape index (κ3) is 24.5. The zero-order valence-corrected chi connectivity index (χ0v) is 35.1. The molecule has 4 unspecified atom stereocenters. The fraction of sp³-hybridized carbons (Fsp3) is 0.578. The highest BCUT2D eigenvalue weighted by Gasteiger charge is 2.21. The quantitative estimate of drug-likeness (QED) is 0.0767. The molecule has 0 aliphatic heterocycles. The third-order valence-corrected chi connectivity index (χ3v) is 8.66. The van der Waals surface area contributed by atoms with Crippen LogP contribution in [0.15, 0.2) is 84.0 Å². The Morgan fingerprint density at radius 1 is 0.926 bits per heavy atom. The SMILES string of the molecule is C=C/C(=C\C=C(/C)C(C)N(C(C)=O)c1ccc(CCCCCC)cc1)CCCC(CCC(=O)O)C(=O)O.CC.CC.CCC(O)C1=CCC(F)C=C1.CO. The van der Waals surface area contributed by atoms with Crippen molar-refractivity contribution in [3.8, 4) is 0 Å². The largest absolute Gasteiger partial charge is 0.481 e. The summed E-state index contributed by atoms with van der Waals surface area (Å²) in [7, 11) is 1.00. The number of unbranched alkanes of at least 4 members (excludes halogenated alkanes) is 3. The number of alkyl halides is 1. The van der Waals surface area contributed by atoms with Crippen molar-refractivity contribution in [1.29, 1.82) is 0 Å². The predicted octanol–water partition coefficient (Wildman–Crippen LogP) is 11.0. The minimum atomic E-state index is -0.981. The number of hydrogen-bond donors (Lipinski definition) is 4. The van der Waals surface area contributed by atoms with E-state index in [9.17, 15) is 29.0 Å². The zero-order chi connectivity index (χ0) is 42.1. The van der Waals surface area contributed by atoms with E-state index in [4.69, 9.17) is 10.2 Å². The molecule has 0 bridgehead atoms. The number of hydrogen-bond acceptors (Lipinski definition) is 5. The molecule has 1 amide bonds. The van der Waals surface area contributed by atoms with Crippen LogP contribution in [-0.4, -0.2) is 63.7 Å². The molecule has 308 valence electrons. The van der Waals surface area contributed by atoms with Gasteiger partial charge in [0.1, 0.15) is 6.17 Å². The Morgan fingerprint density at radius 3 is 2.00 bits per heavy atom. The van der Waals surface area contributed by atoms with Crippen LogP contribution in [0.5, 0.6) is 0 Å². The van der Waals surface area contributed by atoms with Gasteiger partial charge in [-0.25, -0.2) is 4.39 Å². The number of rotatable bonds is 20. The second-order valence-electron chi connectivity index (χ2n) is 12.5. The molecule has 0 fully saturated rings. The lowest BCUT2D eigenvalue weighted by atomic mass is 9.95. The van der Waals surface area contributed by atoms with E-state index < -0.39 is 30.1 Å². The van der Waals surface area contributed by atoms with E-state index in [1.807, 2.05) is 72.8 Å². The van der Waals surface area contributed by atoms with Crippen molar-refractivity contribution < 1.29 is 39.2 Å². The van der Waals surface area contributed by atoms with E-state index in [0.717, 1.165) is 35.9 Å². The maximum absolute atomic E-state index is 12.6. The number of benzene rings is 1. The highest BCUT2D eigenvalue weighted by Crippen LogP contribution is 2.24. The summed E-state index contributed by atoms with van der Waals surface area (Å²) in [6.07, 6.45) is 18.1. The van der Waals surface area contributed by atoms with Gasteiger partial charge in [-0.2, -0.15) is 0 Å². The number of carboxylic acid groups (broad SMARTS) is 2. The van der Waals surface area contributed by atoms with Crippen molar-refractivity contribution in [3.05, 3.63) is 89.6 Å². The highest BCUT2D eigenvalue weighted by molar-refractivity contribution is 5.92. The summed E-state index contributed by atoms with van der Waals surface area (Å²) >= 11 is 0. The summed E-state index contributed by atoms with van der Waals surface area (Å²) in [5.41, 5.74) is 4.99. The molecule has 8 nitrogen and oxygen atoms in total. The summed E-state index contributed by atoms with van der Waals surface area (Å²) in [5, 5.41) is 34.5. The molecular weight excluding hydrogens is 685 g/mol. The van der Waals surface area contributed by atoms with Crippen molar-refractivity contribution in [1.82, 2.24) is 0 Å². The van der Waals surface area contributed by atoms with Gasteiger partial charge < -0.3 is 25.3 Å². The highest BCUT2D eigenvalue weighted by atomic mass is 19.1. The molecule has 1 aromatic rings. The number of aliphatic hydroxyl groups excluding tert-OH is 2. The van der Waals surface area contributed by atoms with Crippen LogP contribution in [-0.2, 0) is 20.8 Å². The van der Waals surface area contributed by atoms with E-state index in [2.05, 4.69) is 25.6 Å². The number of carbonyl (C=O) groups excluding carboxylic acids is 1. The molecule has 54 heavy (non-hydrogen) atoms. The Bertz CT molecular complexity index is 1280. The van der Waals surface area contributed by atoms with Crippen LogP contribution in [0, 0.1) is 5.92 Å². The van der Waals surface area contributed by atoms with E-state index in [1.54, 1.807) is 30.1 Å². The standard InChI is InChI=1S/C31H45NO5.C9H13FO.2C2H6.CH4O/c1-6-8-9-10-12-27-17-20-29(21-18-27)32(25(5)33)24(4)23(3)15-16-26(7-2)13-11-14-28(31(36)37)19-22-30(34)35;1-2-9(11)7-3-5-8(10)6-4-7;3*1-2/h7,15-18,20-21,24,28H,2,6,8-14,19,22H2,1,3-5H3,(H,34,35)(H,36,37);3-5,8-9,11H,2,6H2,1H3;2*1-2H3;2H,1H3/b23-15+,26-16+;;;;. The van der Waals surface area contributed by atoms with Crippen LogP contribution in [0.4, 0.5) is 10.1 Å². The molecule has 0 saturated carbocycles. The molecule has 1 aliphatic carbocycles. The fourth-order valence-corrected chi connectivity index (χ4v) is 5.43. The van der Waals surface area contributed by atoms with E-state index >= 15 is 0 Å². The number of aliphatic hydroxyl groups is 2. The molecule has 4 N–H and O–H groups in total. The summed E-state index contributed by atoms with van der Waals surface area (Å²) in [6.45, 7) is 21.6. The summed E-state index contributed by atoms with van der Waals surface area (Å²) < 4.78 is 12.5. The summed E-state index contributed by atoms with van der Waals surface area (Å²) in [6, 6.07) is 8.13. The van der Waals surface area contributed by atoms with Crippen molar-refractivity contribution in [2.24, 2.45) is 5.92 Å². The lowest BCUT2D eigenvalue weighted by Gasteiger charge is -2.29. The molecule has 0 saturated heterocycles. The zero-order valence-electron chi connectivity index (χ0n) is 35.1. The number of allylic oxidation sites excluding steroid dienone is 6. The average molecular weight is 760 g/mol. The minimum absolute atomic E-state index is 0.0232. The van der Waals surface area contributed by atoms with Gasteiger partial charge in [-0.15, -0.1) is 0 Å². The lowest BCUT2D eigenvalue weighted by molar-refractivity contribution is -0.143. The minimum Gasteiger partial charge on any atom is -0.481 e. The Labute approximate surface area is 327 Å². The van der Waals surface area contributed by atoms with Crippen molar-refractivity contribution in [2.45, 2.75) is 158 Å². The first-order valence-corrected chi connectivity index (χ1v) is 19.8. The lowest BCUT2D eigenvalue weighted by Crippen LogP contribution is -2.37. The topological polar surface area (TPSA) is 135 Å². The van der Waals surface area contributed by atoms with Gasteiger partial charge in [-0.3, -0.25) is 14.4 Å². The van der Waals surface area contributed by atoms with Crippen LogP contribution in [0.2, 0.25) is 0 Å². The van der Waals surface area contributed by atoms with Crippen molar-refractivity contribution in [3.63, 3.8) is 0 Å². The normalized spacial score (nSPS) is 15.1. The second-order valence-corrected chi connectivity index (χ2v) is 12.5. The first-order chi connectivity index (χ1) is 25.8. The van der Waals surface area contributed by atoms with Gasteiger partial charge in [0.15, 0.2) is 0 Å². The maximum atomic E-state index is 12.6. The molecule has 0 radical (unpaired) electrons. The van der Waals surface area contributed by atoms with Crippen LogP contribution in [0.1, 0.15) is 139 Å². The number of aliphatic carboxylic acids is 2. The monoisotopic (exact) mass is 760 g/mol. The van der Waals surface area contributed by atoms with Gasteiger partial charge in [-0.05, 0) is 87.6 Å². The number of halogens is 1. The molecule has 9 heteroatoms. The second kappa shape index (κ2) is 34.9. The molecule has 2 rings (SSSR count). The van der Waals surface area contributed by atoms with Crippen LogP contribution in [0.3, 0.4) is 0 Å². The first-order valence-electron chi connectivity index (χ1n) is 19.8. The Hall–Kier alpha value is -3.82. The fourth-order valence-electron chi connectivity index (χ4n) is 5.43.